The van der Waals surface area contributed by atoms with Crippen molar-refractivity contribution in [3.05, 3.63) is 0 Å². The molecule has 2 amide bonds. The van der Waals surface area contributed by atoms with Crippen LogP contribution >= 0.6 is 0 Å². The number of aliphatic hydroxyl groups excluding tert-OH is 1. The van der Waals surface area contributed by atoms with Crippen molar-refractivity contribution in [2.75, 3.05) is 33.4 Å². The van der Waals surface area contributed by atoms with Crippen molar-refractivity contribution in [3.8, 4) is 0 Å². The molecule has 7 nitrogen and oxygen atoms in total. The fourth-order valence-electron chi connectivity index (χ4n) is 2.31. The van der Waals surface area contributed by atoms with Gasteiger partial charge in [-0.3, -0.25) is 0 Å². The number of carbonyl (C=O) groups excluding carboxylic acids is 1. The van der Waals surface area contributed by atoms with E-state index in [-0.39, 0.29) is 19.0 Å². The zero-order chi connectivity index (χ0) is 14.7. The Balaban J connectivity index is 1.77. The van der Waals surface area contributed by atoms with Gasteiger partial charge in [-0.25, -0.2) is 9.59 Å². The van der Waals surface area contributed by atoms with E-state index in [0.717, 1.165) is 6.61 Å². The number of ether oxygens (including phenoxy) is 1. The van der Waals surface area contributed by atoms with Gasteiger partial charge in [0.2, 0.25) is 0 Å². The molecule has 1 heterocycles. The number of amides is 2. The Labute approximate surface area is 118 Å². The van der Waals surface area contributed by atoms with Gasteiger partial charge in [-0.2, -0.15) is 0 Å². The van der Waals surface area contributed by atoms with Gasteiger partial charge in [0.05, 0.1) is 12.7 Å². The minimum absolute atomic E-state index is 0.0725. The first kappa shape index (κ1) is 15.1. The Kier molecular flexibility index (Phi) is 4.82. The minimum atomic E-state index is -1.08. The lowest BCUT2D eigenvalue weighted by atomic mass is 10.2. The van der Waals surface area contributed by atoms with Crippen molar-refractivity contribution >= 4 is 12.0 Å². The van der Waals surface area contributed by atoms with Gasteiger partial charge in [0.15, 0.2) is 0 Å². The van der Waals surface area contributed by atoms with Crippen LogP contribution in [0, 0.1) is 5.92 Å². The highest BCUT2D eigenvalue weighted by molar-refractivity contribution is 5.83. The van der Waals surface area contributed by atoms with E-state index in [1.165, 1.54) is 22.6 Å². The fraction of sp³-hybridized carbons (Fsp3) is 0.846. The average molecular weight is 286 g/mol. The molecule has 1 saturated heterocycles. The molecule has 0 spiro atoms. The van der Waals surface area contributed by atoms with E-state index in [1.807, 2.05) is 0 Å². The second-order valence-corrected chi connectivity index (χ2v) is 5.62. The number of carbonyl (C=O) groups is 2. The van der Waals surface area contributed by atoms with Crippen LogP contribution in [-0.2, 0) is 9.53 Å². The molecule has 0 radical (unpaired) electrons. The summed E-state index contributed by atoms with van der Waals surface area (Å²) in [5.41, 5.74) is 0. The first-order valence-electron chi connectivity index (χ1n) is 6.99. The number of carboxylic acids is 1. The molecule has 114 valence electrons. The second-order valence-electron chi connectivity index (χ2n) is 5.62. The van der Waals surface area contributed by atoms with E-state index in [2.05, 4.69) is 0 Å². The molecule has 0 aromatic rings. The third-order valence-electron chi connectivity index (χ3n) is 3.76. The number of likely N-dealkylation sites (tertiary alicyclic amines) is 1. The fourth-order valence-corrected chi connectivity index (χ4v) is 2.31. The molecule has 2 atom stereocenters. The number of rotatable bonds is 6. The Morgan fingerprint density at radius 1 is 1.40 bits per heavy atom. The maximum absolute atomic E-state index is 12.2. The van der Waals surface area contributed by atoms with Gasteiger partial charge < -0.3 is 24.7 Å². The van der Waals surface area contributed by atoms with E-state index in [0.29, 0.717) is 19.1 Å². The van der Waals surface area contributed by atoms with Crippen LogP contribution in [0.25, 0.3) is 0 Å². The third-order valence-corrected chi connectivity index (χ3v) is 3.76. The number of likely N-dealkylation sites (N-methyl/N-ethyl adjacent to an activating group) is 1. The van der Waals surface area contributed by atoms with Crippen molar-refractivity contribution in [1.29, 1.82) is 0 Å². The first-order chi connectivity index (χ1) is 9.49. The third kappa shape index (κ3) is 3.83. The summed E-state index contributed by atoms with van der Waals surface area (Å²) in [7, 11) is 1.62. The van der Waals surface area contributed by atoms with E-state index < -0.39 is 18.1 Å². The Hall–Kier alpha value is -1.34. The number of hydrogen-bond donors (Lipinski definition) is 2. The van der Waals surface area contributed by atoms with Crippen molar-refractivity contribution in [1.82, 2.24) is 9.80 Å². The van der Waals surface area contributed by atoms with Crippen LogP contribution in [0.5, 0.6) is 0 Å². The first-order valence-corrected chi connectivity index (χ1v) is 6.99. The maximum atomic E-state index is 12.2. The molecule has 1 saturated carbocycles. The molecule has 2 rings (SSSR count). The molecule has 7 heteroatoms. The van der Waals surface area contributed by atoms with Crippen molar-refractivity contribution in [2.24, 2.45) is 5.92 Å². The quantitative estimate of drug-likeness (QED) is 0.670. The van der Waals surface area contributed by atoms with Crippen LogP contribution in [0.15, 0.2) is 0 Å². The molecular formula is C13H22N2O5. The Bertz CT molecular complexity index is 372. The SMILES string of the molecule is CN(CCOCC1CC1)C(=O)N1CC(O)CC1C(=O)O. The molecule has 0 aromatic heterocycles. The zero-order valence-corrected chi connectivity index (χ0v) is 11.7. The van der Waals surface area contributed by atoms with Gasteiger partial charge in [-0.1, -0.05) is 0 Å². The summed E-state index contributed by atoms with van der Waals surface area (Å²) in [5, 5.41) is 18.6. The highest BCUT2D eigenvalue weighted by Crippen LogP contribution is 2.28. The van der Waals surface area contributed by atoms with Gasteiger partial charge in [-0.15, -0.1) is 0 Å². The van der Waals surface area contributed by atoms with Gasteiger partial charge in [-0.05, 0) is 18.8 Å². The van der Waals surface area contributed by atoms with Gasteiger partial charge in [0.1, 0.15) is 6.04 Å². The number of urea groups is 1. The second kappa shape index (κ2) is 6.41. The van der Waals surface area contributed by atoms with Crippen LogP contribution in [0.2, 0.25) is 0 Å². The standard InChI is InChI=1S/C13H22N2O5/c1-14(4-5-20-8-9-2-3-9)13(19)15-7-10(16)6-11(15)12(17)18/h9-11,16H,2-8H2,1H3,(H,17,18). The molecule has 0 aromatic carbocycles. The maximum Gasteiger partial charge on any atom is 0.326 e. The average Bonchev–Trinajstić information content (AvgIpc) is 3.14. The summed E-state index contributed by atoms with van der Waals surface area (Å²) in [5.74, 6) is -0.394. The lowest BCUT2D eigenvalue weighted by Gasteiger charge is -2.27. The van der Waals surface area contributed by atoms with Gasteiger partial charge in [0.25, 0.3) is 0 Å². The minimum Gasteiger partial charge on any atom is -0.480 e. The summed E-state index contributed by atoms with van der Waals surface area (Å²) in [6.07, 6.45) is 1.77. The highest BCUT2D eigenvalue weighted by atomic mass is 16.5. The number of hydrogen-bond acceptors (Lipinski definition) is 4. The summed E-state index contributed by atoms with van der Waals surface area (Å²) in [6.45, 7) is 1.68. The predicted octanol–water partition coefficient (Wildman–Crippen LogP) is -0.0154. The van der Waals surface area contributed by atoms with E-state index in [4.69, 9.17) is 9.84 Å². The van der Waals surface area contributed by atoms with Crippen molar-refractivity contribution < 1.29 is 24.5 Å². The van der Waals surface area contributed by atoms with Crippen LogP contribution in [0.3, 0.4) is 0 Å². The van der Waals surface area contributed by atoms with Crippen LogP contribution < -0.4 is 0 Å². The molecule has 2 N–H and O–H groups in total. The number of aliphatic carboxylic acids is 1. The number of aliphatic hydroxyl groups is 1. The van der Waals surface area contributed by atoms with Crippen molar-refractivity contribution in [3.63, 3.8) is 0 Å². The number of β-amino-alcohol motifs (C(OH)–C–C–N with tert-alkyl or cyclic N) is 1. The van der Waals surface area contributed by atoms with E-state index in [1.54, 1.807) is 7.05 Å². The predicted molar refractivity (Wildman–Crippen MR) is 70.3 cm³/mol. The lowest BCUT2D eigenvalue weighted by Crippen LogP contribution is -2.47. The van der Waals surface area contributed by atoms with Gasteiger partial charge in [0, 0.05) is 33.2 Å². The van der Waals surface area contributed by atoms with Crippen LogP contribution in [-0.4, -0.2) is 77.5 Å². The number of nitrogens with zero attached hydrogens (tertiary/aromatic N) is 2. The molecule has 2 unspecified atom stereocenters. The smallest absolute Gasteiger partial charge is 0.326 e. The number of carboxylic acid groups (broad SMARTS) is 1. The Morgan fingerprint density at radius 3 is 2.70 bits per heavy atom. The topological polar surface area (TPSA) is 90.3 Å². The molecular weight excluding hydrogens is 264 g/mol. The van der Waals surface area contributed by atoms with E-state index in [9.17, 15) is 14.7 Å². The van der Waals surface area contributed by atoms with Crippen LogP contribution in [0.1, 0.15) is 19.3 Å². The van der Waals surface area contributed by atoms with E-state index >= 15 is 0 Å². The summed E-state index contributed by atoms with van der Waals surface area (Å²) in [4.78, 5) is 25.9. The summed E-state index contributed by atoms with van der Waals surface area (Å²) in [6, 6.07) is -1.31. The van der Waals surface area contributed by atoms with Crippen molar-refractivity contribution in [2.45, 2.75) is 31.4 Å². The highest BCUT2D eigenvalue weighted by Gasteiger charge is 2.39. The lowest BCUT2D eigenvalue weighted by molar-refractivity contribution is -0.141. The summed E-state index contributed by atoms with van der Waals surface area (Å²) >= 11 is 0. The molecule has 1 aliphatic carbocycles. The Morgan fingerprint density at radius 2 is 2.10 bits per heavy atom. The molecule has 20 heavy (non-hydrogen) atoms. The molecule has 2 aliphatic rings. The largest absolute Gasteiger partial charge is 0.480 e. The van der Waals surface area contributed by atoms with Crippen LogP contribution in [0.4, 0.5) is 4.79 Å². The van der Waals surface area contributed by atoms with Gasteiger partial charge >= 0.3 is 12.0 Å². The normalized spacial score (nSPS) is 25.8. The zero-order valence-electron chi connectivity index (χ0n) is 11.7. The molecule has 2 fully saturated rings. The molecule has 1 aliphatic heterocycles. The summed E-state index contributed by atoms with van der Waals surface area (Å²) < 4.78 is 5.46. The molecule has 0 bridgehead atoms. The monoisotopic (exact) mass is 286 g/mol.